The number of nitro groups is 1. The number of rotatable bonds is 5. The Kier molecular flexibility index (Phi) is 5.43. The first kappa shape index (κ1) is 18.2. The van der Waals surface area contributed by atoms with E-state index >= 15 is 0 Å². The highest BCUT2D eigenvalue weighted by molar-refractivity contribution is 7.90. The number of nitrogens with zero attached hydrogens (tertiary/aromatic N) is 2. The summed E-state index contributed by atoms with van der Waals surface area (Å²) in [6.07, 6.45) is 3.64. The maximum absolute atomic E-state index is 11.6. The molecule has 0 spiro atoms. The predicted molar refractivity (Wildman–Crippen MR) is 87.8 cm³/mol. The first-order valence-electron chi connectivity index (χ1n) is 7.56. The molecule has 132 valence electrons. The Hall–Kier alpha value is -2.16. The lowest BCUT2D eigenvalue weighted by Gasteiger charge is -2.36. The van der Waals surface area contributed by atoms with E-state index in [1.54, 1.807) is 0 Å². The molecule has 1 unspecified atom stereocenters. The summed E-state index contributed by atoms with van der Waals surface area (Å²) in [6.45, 7) is 0.570. The Morgan fingerprint density at radius 1 is 1.42 bits per heavy atom. The van der Waals surface area contributed by atoms with Gasteiger partial charge in [0.25, 0.3) is 5.69 Å². The van der Waals surface area contributed by atoms with Crippen LogP contribution in [0.15, 0.2) is 23.1 Å². The molecule has 24 heavy (non-hydrogen) atoms. The van der Waals surface area contributed by atoms with E-state index < -0.39 is 14.8 Å². The Bertz CT molecular complexity index is 746. The fourth-order valence-electron chi connectivity index (χ4n) is 2.93. The molecule has 0 amide bonds. The summed E-state index contributed by atoms with van der Waals surface area (Å²) in [6, 6.07) is 3.69. The number of benzene rings is 1. The molecule has 0 radical (unpaired) electrons. The second-order valence-electron chi connectivity index (χ2n) is 5.80. The lowest BCUT2D eigenvalue weighted by molar-refractivity contribution is -0.384. The molecule has 1 aromatic rings. The summed E-state index contributed by atoms with van der Waals surface area (Å²) in [5.41, 5.74) is 0.0655. The summed E-state index contributed by atoms with van der Waals surface area (Å²) in [4.78, 5) is 24.1. The van der Waals surface area contributed by atoms with Crippen molar-refractivity contribution in [3.63, 3.8) is 0 Å². The zero-order valence-electron chi connectivity index (χ0n) is 13.6. The van der Waals surface area contributed by atoms with Crippen LogP contribution in [0.1, 0.15) is 25.7 Å². The zero-order valence-corrected chi connectivity index (χ0v) is 14.4. The highest BCUT2D eigenvalue weighted by atomic mass is 32.2. The molecule has 0 saturated carbocycles. The fourth-order valence-corrected chi connectivity index (χ4v) is 3.57. The van der Waals surface area contributed by atoms with Crippen LogP contribution in [0, 0.1) is 10.1 Å². The molecule has 0 aliphatic carbocycles. The Labute approximate surface area is 140 Å². The first-order chi connectivity index (χ1) is 11.2. The van der Waals surface area contributed by atoms with Crippen LogP contribution in [-0.4, -0.2) is 45.3 Å². The van der Waals surface area contributed by atoms with Crippen molar-refractivity contribution in [3.05, 3.63) is 28.3 Å². The van der Waals surface area contributed by atoms with Crippen LogP contribution in [0.4, 0.5) is 11.4 Å². The van der Waals surface area contributed by atoms with Gasteiger partial charge in [0, 0.05) is 24.9 Å². The van der Waals surface area contributed by atoms with Gasteiger partial charge in [0.15, 0.2) is 9.84 Å². The number of piperidine rings is 1. The monoisotopic (exact) mass is 356 g/mol. The van der Waals surface area contributed by atoms with E-state index in [2.05, 4.69) is 0 Å². The van der Waals surface area contributed by atoms with Crippen LogP contribution in [0.3, 0.4) is 0 Å². The van der Waals surface area contributed by atoms with Crippen LogP contribution >= 0.6 is 0 Å². The van der Waals surface area contributed by atoms with E-state index in [1.165, 1.54) is 19.2 Å². The highest BCUT2D eigenvalue weighted by Gasteiger charge is 2.30. The zero-order chi connectivity index (χ0) is 17.9. The molecule has 1 heterocycles. The molecule has 1 atom stereocenters. The normalized spacial score (nSPS) is 18.2. The van der Waals surface area contributed by atoms with Gasteiger partial charge < -0.3 is 9.64 Å². The van der Waals surface area contributed by atoms with Gasteiger partial charge in [-0.25, -0.2) is 8.42 Å². The lowest BCUT2D eigenvalue weighted by Crippen LogP contribution is -2.41. The third kappa shape index (κ3) is 4.02. The first-order valence-corrected chi connectivity index (χ1v) is 9.45. The molecule has 0 aromatic heterocycles. The second-order valence-corrected chi connectivity index (χ2v) is 7.82. The summed E-state index contributed by atoms with van der Waals surface area (Å²) in [5.74, 6) is -0.373. The van der Waals surface area contributed by atoms with Crippen molar-refractivity contribution in [2.24, 2.45) is 0 Å². The predicted octanol–water partition coefficient (Wildman–Crippen LogP) is 1.92. The van der Waals surface area contributed by atoms with E-state index in [-0.39, 0.29) is 29.0 Å². The minimum Gasteiger partial charge on any atom is -0.469 e. The van der Waals surface area contributed by atoms with Crippen molar-refractivity contribution in [1.82, 2.24) is 0 Å². The molecule has 1 fully saturated rings. The molecule has 8 nitrogen and oxygen atoms in total. The van der Waals surface area contributed by atoms with Crippen LogP contribution < -0.4 is 4.90 Å². The molecule has 9 heteroatoms. The van der Waals surface area contributed by atoms with Gasteiger partial charge in [0.2, 0.25) is 0 Å². The van der Waals surface area contributed by atoms with Crippen molar-refractivity contribution in [3.8, 4) is 0 Å². The fraction of sp³-hybridized carbons (Fsp3) is 0.533. The molecular formula is C15H20N2O6S. The molecule has 1 aliphatic heterocycles. The number of esters is 1. The molecular weight excluding hydrogens is 336 g/mol. The quantitative estimate of drug-likeness (QED) is 0.450. The van der Waals surface area contributed by atoms with Crippen LogP contribution in [0.25, 0.3) is 0 Å². The number of hydrogen-bond acceptors (Lipinski definition) is 7. The smallest absolute Gasteiger partial charge is 0.307 e. The average Bonchev–Trinajstić information content (AvgIpc) is 2.53. The molecule has 0 N–H and O–H groups in total. The van der Waals surface area contributed by atoms with E-state index in [0.717, 1.165) is 31.6 Å². The van der Waals surface area contributed by atoms with Gasteiger partial charge in [0.05, 0.1) is 23.3 Å². The topological polar surface area (TPSA) is 107 Å². The molecule has 2 rings (SSSR count). The van der Waals surface area contributed by atoms with Crippen molar-refractivity contribution < 1.29 is 22.9 Å². The standard InChI is InChI=1S/C15H20N2O6S/c1-23-15(18)9-11-5-3-4-8-16(11)13-7-6-12(24(2,21)22)10-14(13)17(19)20/h6-7,10-11H,3-5,8-9H2,1-2H3. The molecule has 1 aliphatic rings. The van der Waals surface area contributed by atoms with E-state index in [1.807, 2.05) is 4.90 Å². The third-order valence-electron chi connectivity index (χ3n) is 4.14. The largest absolute Gasteiger partial charge is 0.469 e. The van der Waals surface area contributed by atoms with Crippen molar-refractivity contribution >= 4 is 27.2 Å². The van der Waals surface area contributed by atoms with Gasteiger partial charge in [0.1, 0.15) is 5.69 Å². The highest BCUT2D eigenvalue weighted by Crippen LogP contribution is 2.35. The number of sulfone groups is 1. The van der Waals surface area contributed by atoms with Crippen LogP contribution in [-0.2, 0) is 19.4 Å². The summed E-state index contributed by atoms with van der Waals surface area (Å²) < 4.78 is 28.0. The van der Waals surface area contributed by atoms with Gasteiger partial charge in [-0.1, -0.05) is 0 Å². The molecule has 0 bridgehead atoms. The average molecular weight is 356 g/mol. The number of methoxy groups -OCH3 is 1. The van der Waals surface area contributed by atoms with E-state index in [9.17, 15) is 23.3 Å². The third-order valence-corrected chi connectivity index (χ3v) is 5.25. The molecule has 1 saturated heterocycles. The van der Waals surface area contributed by atoms with Crippen LogP contribution in [0.2, 0.25) is 0 Å². The van der Waals surface area contributed by atoms with Gasteiger partial charge in [-0.05, 0) is 31.4 Å². The SMILES string of the molecule is COC(=O)CC1CCCCN1c1ccc(S(C)(=O)=O)cc1[N+](=O)[O-]. The van der Waals surface area contributed by atoms with Gasteiger partial charge in [-0.3, -0.25) is 14.9 Å². The lowest BCUT2D eigenvalue weighted by atomic mass is 9.98. The summed E-state index contributed by atoms with van der Waals surface area (Å²) >= 11 is 0. The van der Waals surface area contributed by atoms with Crippen LogP contribution in [0.5, 0.6) is 0 Å². The number of carbonyl (C=O) groups is 1. The van der Waals surface area contributed by atoms with Crippen molar-refractivity contribution in [2.45, 2.75) is 36.6 Å². The number of ether oxygens (including phenoxy) is 1. The van der Waals surface area contributed by atoms with E-state index in [4.69, 9.17) is 4.74 Å². The second kappa shape index (κ2) is 7.16. The Balaban J connectivity index is 2.44. The van der Waals surface area contributed by atoms with Crippen molar-refractivity contribution in [2.75, 3.05) is 24.8 Å². The number of carbonyl (C=O) groups excluding carboxylic acids is 1. The van der Waals surface area contributed by atoms with Gasteiger partial charge in [-0.15, -0.1) is 0 Å². The maximum atomic E-state index is 11.6. The number of nitro benzene ring substituents is 1. The van der Waals surface area contributed by atoms with Gasteiger partial charge >= 0.3 is 5.97 Å². The Morgan fingerprint density at radius 2 is 2.12 bits per heavy atom. The van der Waals surface area contributed by atoms with Crippen molar-refractivity contribution in [1.29, 1.82) is 0 Å². The number of hydrogen-bond donors (Lipinski definition) is 0. The minimum absolute atomic E-state index is 0.0977. The summed E-state index contributed by atoms with van der Waals surface area (Å²) in [5, 5.41) is 11.4. The minimum atomic E-state index is -3.54. The van der Waals surface area contributed by atoms with Gasteiger partial charge in [-0.2, -0.15) is 0 Å². The summed E-state index contributed by atoms with van der Waals surface area (Å²) in [7, 11) is -2.24. The molecule has 1 aromatic carbocycles. The number of anilines is 1. The van der Waals surface area contributed by atoms with E-state index in [0.29, 0.717) is 12.2 Å². The maximum Gasteiger partial charge on any atom is 0.307 e. The Morgan fingerprint density at radius 3 is 2.71 bits per heavy atom.